The highest BCUT2D eigenvalue weighted by molar-refractivity contribution is 6.31. The third-order valence-corrected chi connectivity index (χ3v) is 6.18. The number of nitrogens with zero attached hydrogens (tertiary/aromatic N) is 4. The summed E-state index contributed by atoms with van der Waals surface area (Å²) in [7, 11) is 1.73. The van der Waals surface area contributed by atoms with Gasteiger partial charge >= 0.3 is 0 Å². The number of fused-ring (bicyclic) bond motifs is 1. The summed E-state index contributed by atoms with van der Waals surface area (Å²) in [5.74, 6) is 1.85. The number of benzene rings is 1. The standard InChI is InChI=1S/C21H27ClN6O/c1-11(2)28-8-14(9-28)18-12(3)16(22)6-15(19(18)29-5)13(4)26-21-23-7-17-20(27-21)25-10-24-17/h6-7,10-11,13-14H,8-9H2,1-5H3,(H2,23,24,25,26,27). The molecule has 1 aromatic carbocycles. The molecule has 2 aromatic heterocycles. The summed E-state index contributed by atoms with van der Waals surface area (Å²) in [6, 6.07) is 2.45. The number of rotatable bonds is 6. The zero-order chi connectivity index (χ0) is 20.7. The number of aromatic amines is 1. The normalized spacial score (nSPS) is 16.2. The van der Waals surface area contributed by atoms with E-state index in [1.165, 1.54) is 5.56 Å². The summed E-state index contributed by atoms with van der Waals surface area (Å²) in [6.07, 6.45) is 3.34. The highest BCUT2D eigenvalue weighted by Gasteiger charge is 2.34. The maximum absolute atomic E-state index is 6.64. The third-order valence-electron chi connectivity index (χ3n) is 5.79. The van der Waals surface area contributed by atoms with Crippen LogP contribution in [-0.4, -0.2) is 51.1 Å². The van der Waals surface area contributed by atoms with Crippen LogP contribution in [-0.2, 0) is 0 Å². The van der Waals surface area contributed by atoms with Gasteiger partial charge in [-0.2, -0.15) is 4.98 Å². The molecule has 154 valence electrons. The highest BCUT2D eigenvalue weighted by atomic mass is 35.5. The van der Waals surface area contributed by atoms with E-state index in [0.717, 1.165) is 40.5 Å². The maximum Gasteiger partial charge on any atom is 0.225 e. The summed E-state index contributed by atoms with van der Waals surface area (Å²) >= 11 is 6.64. The second-order valence-electron chi connectivity index (χ2n) is 7.96. The lowest BCUT2D eigenvalue weighted by Crippen LogP contribution is -2.48. The number of H-pyrrole nitrogens is 1. The van der Waals surface area contributed by atoms with E-state index in [1.54, 1.807) is 19.6 Å². The molecule has 1 fully saturated rings. The summed E-state index contributed by atoms with van der Waals surface area (Å²) in [5, 5.41) is 4.13. The van der Waals surface area contributed by atoms with E-state index in [4.69, 9.17) is 16.3 Å². The van der Waals surface area contributed by atoms with Crippen molar-refractivity contribution in [2.24, 2.45) is 0 Å². The van der Waals surface area contributed by atoms with Crippen LogP contribution in [0.25, 0.3) is 11.2 Å². The highest BCUT2D eigenvalue weighted by Crippen LogP contribution is 2.43. The lowest BCUT2D eigenvalue weighted by atomic mass is 9.84. The first-order chi connectivity index (χ1) is 13.9. The van der Waals surface area contributed by atoms with E-state index >= 15 is 0 Å². The Kier molecular flexibility index (Phi) is 5.36. The van der Waals surface area contributed by atoms with Crippen LogP contribution in [0.3, 0.4) is 0 Å². The van der Waals surface area contributed by atoms with Crippen LogP contribution in [0.2, 0.25) is 5.02 Å². The molecule has 1 atom stereocenters. The van der Waals surface area contributed by atoms with Gasteiger partial charge in [-0.1, -0.05) is 11.6 Å². The fourth-order valence-electron chi connectivity index (χ4n) is 4.00. The minimum Gasteiger partial charge on any atom is -0.496 e. The Hall–Kier alpha value is -2.38. The molecule has 0 spiro atoms. The smallest absolute Gasteiger partial charge is 0.225 e. The largest absolute Gasteiger partial charge is 0.496 e. The van der Waals surface area contributed by atoms with E-state index < -0.39 is 0 Å². The van der Waals surface area contributed by atoms with Gasteiger partial charge in [0.05, 0.1) is 25.7 Å². The molecule has 0 radical (unpaired) electrons. The van der Waals surface area contributed by atoms with Crippen LogP contribution >= 0.6 is 11.6 Å². The second-order valence-corrected chi connectivity index (χ2v) is 8.37. The van der Waals surface area contributed by atoms with Gasteiger partial charge in [0, 0.05) is 41.2 Å². The minimum absolute atomic E-state index is 0.0838. The predicted octanol–water partition coefficient (Wildman–Crippen LogP) is 4.30. The van der Waals surface area contributed by atoms with Crippen LogP contribution in [0, 0.1) is 6.92 Å². The molecule has 3 aromatic rings. The third kappa shape index (κ3) is 3.65. The molecule has 8 heteroatoms. The van der Waals surface area contributed by atoms with Gasteiger partial charge in [0.1, 0.15) is 11.3 Å². The molecule has 1 aliphatic rings. The van der Waals surface area contributed by atoms with Gasteiger partial charge in [0.25, 0.3) is 0 Å². The van der Waals surface area contributed by atoms with E-state index in [9.17, 15) is 0 Å². The number of hydrogen-bond donors (Lipinski definition) is 2. The predicted molar refractivity (Wildman–Crippen MR) is 116 cm³/mol. The Bertz CT molecular complexity index is 1030. The fraction of sp³-hybridized carbons (Fsp3) is 0.476. The molecular weight excluding hydrogens is 388 g/mol. The first-order valence-electron chi connectivity index (χ1n) is 9.92. The van der Waals surface area contributed by atoms with E-state index in [-0.39, 0.29) is 6.04 Å². The van der Waals surface area contributed by atoms with Gasteiger partial charge in [0.2, 0.25) is 5.95 Å². The average Bonchev–Trinajstić information content (AvgIpc) is 3.11. The number of methoxy groups -OCH3 is 1. The monoisotopic (exact) mass is 414 g/mol. The molecule has 0 saturated carbocycles. The molecular formula is C21H27ClN6O. The van der Waals surface area contributed by atoms with Gasteiger partial charge in [-0.3, -0.25) is 4.90 Å². The zero-order valence-electron chi connectivity index (χ0n) is 17.5. The van der Waals surface area contributed by atoms with Crippen LogP contribution < -0.4 is 10.1 Å². The molecule has 4 rings (SSSR count). The molecule has 29 heavy (non-hydrogen) atoms. The number of halogens is 1. The van der Waals surface area contributed by atoms with Crippen molar-refractivity contribution in [3.05, 3.63) is 40.3 Å². The van der Waals surface area contributed by atoms with Crippen molar-refractivity contribution in [3.8, 4) is 5.75 Å². The van der Waals surface area contributed by atoms with Crippen LogP contribution in [0.1, 0.15) is 49.4 Å². The Balaban J connectivity index is 1.65. The Morgan fingerprint density at radius 3 is 2.72 bits per heavy atom. The molecule has 0 aliphatic carbocycles. The van der Waals surface area contributed by atoms with Gasteiger partial charge in [0.15, 0.2) is 5.65 Å². The Labute approximate surface area is 175 Å². The summed E-state index contributed by atoms with van der Waals surface area (Å²) < 4.78 is 5.91. The zero-order valence-corrected chi connectivity index (χ0v) is 18.2. The quantitative estimate of drug-likeness (QED) is 0.625. The van der Waals surface area contributed by atoms with Crippen molar-refractivity contribution >= 4 is 28.7 Å². The Morgan fingerprint density at radius 2 is 2.03 bits per heavy atom. The first kappa shape index (κ1) is 19.9. The molecule has 1 unspecified atom stereocenters. The topological polar surface area (TPSA) is 79.0 Å². The van der Waals surface area contributed by atoms with E-state index in [0.29, 0.717) is 23.6 Å². The lowest BCUT2D eigenvalue weighted by Gasteiger charge is -2.43. The van der Waals surface area contributed by atoms with Crippen molar-refractivity contribution in [1.29, 1.82) is 0 Å². The van der Waals surface area contributed by atoms with Crippen molar-refractivity contribution in [2.75, 3.05) is 25.5 Å². The Morgan fingerprint density at radius 1 is 1.28 bits per heavy atom. The number of ether oxygens (including phenoxy) is 1. The first-order valence-corrected chi connectivity index (χ1v) is 10.3. The fourth-order valence-corrected chi connectivity index (χ4v) is 4.22. The number of likely N-dealkylation sites (tertiary alicyclic amines) is 1. The molecule has 1 saturated heterocycles. The number of aromatic nitrogens is 4. The minimum atomic E-state index is -0.0838. The summed E-state index contributed by atoms with van der Waals surface area (Å²) in [4.78, 5) is 18.5. The number of hydrogen-bond acceptors (Lipinski definition) is 6. The van der Waals surface area contributed by atoms with Crippen LogP contribution in [0.4, 0.5) is 5.95 Å². The number of nitrogens with one attached hydrogen (secondary N) is 2. The van der Waals surface area contributed by atoms with Crippen molar-refractivity contribution in [3.63, 3.8) is 0 Å². The number of anilines is 1. The summed E-state index contributed by atoms with van der Waals surface area (Å²) in [5.41, 5.74) is 4.76. The van der Waals surface area contributed by atoms with E-state index in [1.807, 2.05) is 6.07 Å². The average molecular weight is 415 g/mol. The maximum atomic E-state index is 6.64. The lowest BCUT2D eigenvalue weighted by molar-refractivity contribution is 0.108. The summed E-state index contributed by atoms with van der Waals surface area (Å²) in [6.45, 7) is 10.6. The van der Waals surface area contributed by atoms with Crippen molar-refractivity contribution < 1.29 is 4.74 Å². The molecule has 0 bridgehead atoms. The SMILES string of the molecule is COc1c(C(C)Nc2ncc3[nH]cnc3n2)cc(Cl)c(C)c1C1CN(C(C)C)C1. The number of imidazole rings is 1. The molecule has 3 heterocycles. The van der Waals surface area contributed by atoms with Crippen LogP contribution in [0.15, 0.2) is 18.6 Å². The molecule has 2 N–H and O–H groups in total. The van der Waals surface area contributed by atoms with Gasteiger partial charge in [-0.25, -0.2) is 9.97 Å². The van der Waals surface area contributed by atoms with Gasteiger partial charge < -0.3 is 15.0 Å². The second kappa shape index (κ2) is 7.80. The molecule has 7 nitrogen and oxygen atoms in total. The van der Waals surface area contributed by atoms with Gasteiger partial charge in [-0.05, 0) is 39.3 Å². The molecule has 1 aliphatic heterocycles. The van der Waals surface area contributed by atoms with Crippen molar-refractivity contribution in [2.45, 2.75) is 45.7 Å². The van der Waals surface area contributed by atoms with Crippen molar-refractivity contribution in [1.82, 2.24) is 24.8 Å². The van der Waals surface area contributed by atoms with Gasteiger partial charge in [-0.15, -0.1) is 0 Å². The van der Waals surface area contributed by atoms with Crippen LogP contribution in [0.5, 0.6) is 5.75 Å². The van der Waals surface area contributed by atoms with E-state index in [2.05, 4.69) is 57.8 Å². The molecule has 0 amide bonds.